The number of aryl methyl sites for hydroxylation is 2. The number of carbonyl (C=O) groups is 3. The van der Waals surface area contributed by atoms with Crippen molar-refractivity contribution in [2.75, 3.05) is 6.54 Å². The Kier molecular flexibility index (Phi) is 5.87. The highest BCUT2D eigenvalue weighted by Crippen LogP contribution is 2.24. The van der Waals surface area contributed by atoms with E-state index < -0.39 is 24.5 Å². The first-order valence-electron chi connectivity index (χ1n) is 9.66. The molecule has 2 N–H and O–H groups in total. The number of aromatic nitrogens is 1. The summed E-state index contributed by atoms with van der Waals surface area (Å²) >= 11 is 0. The van der Waals surface area contributed by atoms with Gasteiger partial charge in [0.25, 0.3) is 5.91 Å². The van der Waals surface area contributed by atoms with E-state index in [0.29, 0.717) is 4.90 Å². The number of carboxylic acid groups (broad SMARTS) is 1. The summed E-state index contributed by atoms with van der Waals surface area (Å²) < 4.78 is 2.09. The molecule has 1 fully saturated rings. The Morgan fingerprint density at radius 2 is 1.86 bits per heavy atom. The third-order valence-corrected chi connectivity index (χ3v) is 5.04. The summed E-state index contributed by atoms with van der Waals surface area (Å²) in [6.07, 6.45) is 4.98. The number of hydrogen-bond donors (Lipinski definition) is 2. The lowest BCUT2D eigenvalue weighted by Crippen LogP contribution is -2.35. The maximum absolute atomic E-state index is 12.4. The number of carboxylic acids is 1. The first-order valence-corrected chi connectivity index (χ1v) is 9.66. The molecule has 0 saturated carbocycles. The fourth-order valence-corrected chi connectivity index (χ4v) is 3.53. The van der Waals surface area contributed by atoms with E-state index in [0.717, 1.165) is 41.9 Å². The fourth-order valence-electron chi connectivity index (χ4n) is 3.53. The Balaban J connectivity index is 1.88. The molecule has 152 valence electrons. The smallest absolute Gasteiger partial charge is 0.329 e. The van der Waals surface area contributed by atoms with Crippen molar-refractivity contribution in [1.29, 1.82) is 0 Å². The van der Waals surface area contributed by atoms with Gasteiger partial charge in [0.15, 0.2) is 0 Å². The normalized spacial score (nSPS) is 15.3. The maximum Gasteiger partial charge on any atom is 0.329 e. The first kappa shape index (κ1) is 20.4. The summed E-state index contributed by atoms with van der Waals surface area (Å²) in [6, 6.07) is 9.64. The van der Waals surface area contributed by atoms with Gasteiger partial charge in [0.05, 0.1) is 0 Å². The van der Waals surface area contributed by atoms with Gasteiger partial charge in [0.1, 0.15) is 12.2 Å². The molecule has 1 saturated heterocycles. The highest BCUT2D eigenvalue weighted by atomic mass is 16.4. The number of imide groups is 1. The summed E-state index contributed by atoms with van der Waals surface area (Å²) in [5, 5.41) is 11.3. The molecule has 0 radical (unpaired) electrons. The predicted molar refractivity (Wildman–Crippen MR) is 110 cm³/mol. The molecule has 1 aliphatic heterocycles. The summed E-state index contributed by atoms with van der Waals surface area (Å²) in [5.74, 6) is -1.88. The van der Waals surface area contributed by atoms with Gasteiger partial charge in [-0.2, -0.15) is 0 Å². The Labute approximate surface area is 169 Å². The lowest BCUT2D eigenvalue weighted by molar-refractivity contribution is -0.140. The van der Waals surface area contributed by atoms with Gasteiger partial charge in [0, 0.05) is 17.1 Å². The van der Waals surface area contributed by atoms with Crippen LogP contribution in [0.4, 0.5) is 4.79 Å². The quantitative estimate of drug-likeness (QED) is 0.555. The molecule has 3 amide bonds. The van der Waals surface area contributed by atoms with Crippen LogP contribution in [0, 0.1) is 13.8 Å². The Morgan fingerprint density at radius 1 is 1.17 bits per heavy atom. The predicted octanol–water partition coefficient (Wildman–Crippen LogP) is 3.41. The summed E-state index contributed by atoms with van der Waals surface area (Å²) in [7, 11) is 0. The number of nitrogens with one attached hydrogen (secondary N) is 1. The number of aliphatic carboxylic acids is 1. The van der Waals surface area contributed by atoms with Crippen LogP contribution in [0.25, 0.3) is 11.8 Å². The largest absolute Gasteiger partial charge is 0.480 e. The van der Waals surface area contributed by atoms with Gasteiger partial charge in [-0.3, -0.25) is 9.59 Å². The third-order valence-electron chi connectivity index (χ3n) is 5.04. The molecular weight excluding hydrogens is 370 g/mol. The molecule has 7 heteroatoms. The second-order valence-electron chi connectivity index (χ2n) is 7.21. The molecule has 29 heavy (non-hydrogen) atoms. The topological polar surface area (TPSA) is 91.6 Å². The zero-order valence-corrected chi connectivity index (χ0v) is 16.9. The van der Waals surface area contributed by atoms with Crippen molar-refractivity contribution >= 4 is 24.0 Å². The summed E-state index contributed by atoms with van der Waals surface area (Å²) in [4.78, 5) is 35.8. The van der Waals surface area contributed by atoms with Crippen LogP contribution in [0.1, 0.15) is 42.3 Å². The average Bonchev–Trinajstić information content (AvgIpc) is 3.10. The monoisotopic (exact) mass is 395 g/mol. The number of amides is 3. The molecule has 3 rings (SSSR count). The SMILES string of the molecule is CCCCc1ccc(-n2c(C)cc(/C=C3/NC(=O)N(CC(=O)O)C3=O)c2C)cc1. The van der Waals surface area contributed by atoms with Crippen LogP contribution in [0.3, 0.4) is 0 Å². The maximum atomic E-state index is 12.4. The molecule has 0 aliphatic carbocycles. The molecule has 1 aromatic heterocycles. The standard InChI is InChI=1S/C22H25N3O4/c1-4-5-6-16-7-9-18(10-8-16)25-14(2)11-17(15(25)3)12-19-21(28)24(13-20(26)27)22(29)23-19/h7-12H,4-6,13H2,1-3H3,(H,23,29)(H,26,27)/b19-12+. The zero-order chi connectivity index (χ0) is 21.1. The average molecular weight is 395 g/mol. The van der Waals surface area contributed by atoms with Crippen molar-refractivity contribution in [3.63, 3.8) is 0 Å². The number of nitrogens with zero attached hydrogens (tertiary/aromatic N) is 2. The number of unbranched alkanes of at least 4 members (excludes halogenated alkanes) is 1. The van der Waals surface area contributed by atoms with Crippen LogP contribution in [0.15, 0.2) is 36.0 Å². The molecule has 2 heterocycles. The van der Waals surface area contributed by atoms with Gasteiger partial charge in [-0.05, 0) is 62.1 Å². The van der Waals surface area contributed by atoms with E-state index in [-0.39, 0.29) is 5.70 Å². The van der Waals surface area contributed by atoms with Crippen LogP contribution in [-0.4, -0.2) is 39.0 Å². The van der Waals surface area contributed by atoms with Crippen molar-refractivity contribution in [3.05, 3.63) is 58.5 Å². The highest BCUT2D eigenvalue weighted by Gasteiger charge is 2.35. The Hall–Kier alpha value is -3.35. The molecule has 0 spiro atoms. The van der Waals surface area contributed by atoms with E-state index in [9.17, 15) is 14.4 Å². The third kappa shape index (κ3) is 4.23. The van der Waals surface area contributed by atoms with Gasteiger partial charge in [0.2, 0.25) is 0 Å². The van der Waals surface area contributed by atoms with Crippen molar-refractivity contribution in [2.24, 2.45) is 0 Å². The van der Waals surface area contributed by atoms with Crippen molar-refractivity contribution in [1.82, 2.24) is 14.8 Å². The molecule has 1 aliphatic rings. The van der Waals surface area contributed by atoms with Crippen LogP contribution in [-0.2, 0) is 16.0 Å². The van der Waals surface area contributed by atoms with Crippen molar-refractivity contribution in [3.8, 4) is 5.69 Å². The number of benzene rings is 1. The molecule has 0 atom stereocenters. The number of hydrogen-bond acceptors (Lipinski definition) is 3. The van der Waals surface area contributed by atoms with Crippen LogP contribution in [0.2, 0.25) is 0 Å². The Morgan fingerprint density at radius 3 is 2.48 bits per heavy atom. The number of carbonyl (C=O) groups excluding carboxylic acids is 2. The second-order valence-corrected chi connectivity index (χ2v) is 7.21. The Bertz CT molecular complexity index is 986. The van der Waals surface area contributed by atoms with Crippen molar-refractivity contribution < 1.29 is 19.5 Å². The minimum Gasteiger partial charge on any atom is -0.480 e. The van der Waals surface area contributed by atoms with Gasteiger partial charge in [-0.15, -0.1) is 0 Å². The van der Waals surface area contributed by atoms with Gasteiger partial charge in [-0.25, -0.2) is 9.69 Å². The molecule has 0 bridgehead atoms. The van der Waals surface area contributed by atoms with Gasteiger partial charge in [-0.1, -0.05) is 25.5 Å². The first-order chi connectivity index (χ1) is 13.8. The summed E-state index contributed by atoms with van der Waals surface area (Å²) in [6.45, 7) is 5.44. The highest BCUT2D eigenvalue weighted by molar-refractivity contribution is 6.15. The van der Waals surface area contributed by atoms with Gasteiger partial charge < -0.3 is 15.0 Å². The number of rotatable bonds is 7. The van der Waals surface area contributed by atoms with E-state index in [1.165, 1.54) is 5.56 Å². The molecular formula is C22H25N3O4. The van der Waals surface area contributed by atoms with Gasteiger partial charge >= 0.3 is 12.0 Å². The van der Waals surface area contributed by atoms with E-state index in [2.05, 4.69) is 41.1 Å². The van der Waals surface area contributed by atoms with E-state index in [1.807, 2.05) is 19.9 Å². The number of urea groups is 1. The van der Waals surface area contributed by atoms with E-state index in [1.54, 1.807) is 6.08 Å². The minimum absolute atomic E-state index is 0.0754. The molecule has 0 unspecified atom stereocenters. The van der Waals surface area contributed by atoms with Crippen LogP contribution < -0.4 is 5.32 Å². The van der Waals surface area contributed by atoms with Crippen LogP contribution >= 0.6 is 0 Å². The lowest BCUT2D eigenvalue weighted by atomic mass is 10.1. The zero-order valence-electron chi connectivity index (χ0n) is 16.9. The molecule has 7 nitrogen and oxygen atoms in total. The molecule has 1 aromatic carbocycles. The van der Waals surface area contributed by atoms with E-state index >= 15 is 0 Å². The minimum atomic E-state index is -1.24. The molecule has 2 aromatic rings. The second kappa shape index (κ2) is 8.34. The summed E-state index contributed by atoms with van der Waals surface area (Å²) in [5.41, 5.74) is 5.12. The van der Waals surface area contributed by atoms with E-state index in [4.69, 9.17) is 5.11 Å². The van der Waals surface area contributed by atoms with Crippen molar-refractivity contribution in [2.45, 2.75) is 40.0 Å². The fraction of sp³-hybridized carbons (Fsp3) is 0.318. The van der Waals surface area contributed by atoms with Crippen LogP contribution in [0.5, 0.6) is 0 Å². The lowest BCUT2D eigenvalue weighted by Gasteiger charge is -2.11.